The summed E-state index contributed by atoms with van der Waals surface area (Å²) >= 11 is 0. The Bertz CT molecular complexity index is 143. The molecule has 1 saturated carbocycles. The van der Waals surface area contributed by atoms with Gasteiger partial charge in [-0.05, 0) is 44.3 Å². The monoisotopic (exact) mass is 166 g/mol. The maximum absolute atomic E-state index is 2.24. The predicted octanol–water partition coefficient (Wildman–Crippen LogP) is 4.48. The summed E-state index contributed by atoms with van der Waals surface area (Å²) in [7, 11) is 0. The van der Waals surface area contributed by atoms with Crippen LogP contribution in [0, 0.1) is 0 Å². The van der Waals surface area contributed by atoms with Gasteiger partial charge in [0.2, 0.25) is 0 Å². The number of hydrogen-bond donors (Lipinski definition) is 0. The fourth-order valence-corrected chi connectivity index (χ4v) is 1.45. The average Bonchev–Trinajstić information content (AvgIpc) is 2.52. The third-order valence-electron chi connectivity index (χ3n) is 2.00. The summed E-state index contributed by atoms with van der Waals surface area (Å²) in [4.78, 5) is 0. The van der Waals surface area contributed by atoms with Gasteiger partial charge in [-0.15, -0.1) is 0 Å². The van der Waals surface area contributed by atoms with E-state index in [-0.39, 0.29) is 0 Å². The van der Waals surface area contributed by atoms with Crippen LogP contribution in [0.25, 0.3) is 0 Å². The van der Waals surface area contributed by atoms with Gasteiger partial charge in [0.15, 0.2) is 0 Å². The van der Waals surface area contributed by atoms with Crippen LogP contribution in [0.5, 0.6) is 0 Å². The molecular weight excluding hydrogens is 144 g/mol. The van der Waals surface area contributed by atoms with E-state index < -0.39 is 0 Å². The molecule has 0 aliphatic heterocycles. The van der Waals surface area contributed by atoms with Crippen molar-refractivity contribution in [3.63, 3.8) is 0 Å². The Balaban J connectivity index is 0.000000354. The molecule has 0 aromatic rings. The van der Waals surface area contributed by atoms with Crippen LogP contribution in [0.15, 0.2) is 23.3 Å². The van der Waals surface area contributed by atoms with Crippen molar-refractivity contribution in [2.45, 2.75) is 53.4 Å². The van der Waals surface area contributed by atoms with Gasteiger partial charge in [-0.25, -0.2) is 0 Å². The van der Waals surface area contributed by atoms with Crippen LogP contribution in [0.2, 0.25) is 0 Å². The topological polar surface area (TPSA) is 0 Å². The third-order valence-corrected chi connectivity index (χ3v) is 2.00. The van der Waals surface area contributed by atoms with Crippen molar-refractivity contribution in [2.75, 3.05) is 0 Å². The smallest absolute Gasteiger partial charge is 0.0276 e. The lowest BCUT2D eigenvalue weighted by Crippen LogP contribution is -1.74. The second-order valence-corrected chi connectivity index (χ2v) is 3.19. The molecule has 0 amide bonds. The predicted molar refractivity (Wildman–Crippen MR) is 57.3 cm³/mol. The Morgan fingerprint density at radius 3 is 1.58 bits per heavy atom. The zero-order valence-electron chi connectivity index (χ0n) is 8.98. The van der Waals surface area contributed by atoms with Gasteiger partial charge in [0.05, 0.1) is 0 Å². The van der Waals surface area contributed by atoms with Crippen molar-refractivity contribution in [2.24, 2.45) is 0 Å². The molecule has 0 aromatic heterocycles. The molecule has 1 aliphatic carbocycles. The Kier molecular flexibility index (Phi) is 6.84. The average molecular weight is 166 g/mol. The minimum Gasteiger partial charge on any atom is -0.0842 e. The summed E-state index contributed by atoms with van der Waals surface area (Å²) in [5.41, 5.74) is 3.13. The second kappa shape index (κ2) is 7.15. The first-order valence-corrected chi connectivity index (χ1v) is 5.10. The maximum atomic E-state index is 2.24. The van der Waals surface area contributed by atoms with Crippen LogP contribution < -0.4 is 0 Å². The van der Waals surface area contributed by atoms with Crippen molar-refractivity contribution in [3.05, 3.63) is 23.3 Å². The third kappa shape index (κ3) is 3.75. The molecule has 0 heterocycles. The summed E-state index contributed by atoms with van der Waals surface area (Å²) in [5, 5.41) is 0. The van der Waals surface area contributed by atoms with Crippen molar-refractivity contribution >= 4 is 0 Å². The van der Waals surface area contributed by atoms with E-state index >= 15 is 0 Å². The molecule has 0 atom stereocenters. The van der Waals surface area contributed by atoms with E-state index in [1.165, 1.54) is 25.7 Å². The van der Waals surface area contributed by atoms with Gasteiger partial charge in [-0.2, -0.15) is 0 Å². The molecule has 0 spiro atoms. The zero-order chi connectivity index (χ0) is 9.40. The van der Waals surface area contributed by atoms with E-state index in [2.05, 4.69) is 39.8 Å². The van der Waals surface area contributed by atoms with Gasteiger partial charge >= 0.3 is 0 Å². The lowest BCUT2D eigenvalue weighted by molar-refractivity contribution is 0.931. The number of allylic oxidation sites excluding steroid dienone is 4. The highest BCUT2D eigenvalue weighted by Crippen LogP contribution is 2.29. The Morgan fingerprint density at radius 2 is 1.33 bits per heavy atom. The minimum absolute atomic E-state index is 1.25. The Morgan fingerprint density at radius 1 is 1.00 bits per heavy atom. The molecule has 0 bridgehead atoms. The summed E-state index contributed by atoms with van der Waals surface area (Å²) in [6, 6.07) is 0. The normalized spacial score (nSPS) is 22.7. The molecule has 0 N–H and O–H groups in total. The van der Waals surface area contributed by atoms with Crippen molar-refractivity contribution in [3.8, 4) is 0 Å². The van der Waals surface area contributed by atoms with Crippen LogP contribution in [0.3, 0.4) is 0 Å². The molecule has 12 heavy (non-hydrogen) atoms. The molecule has 70 valence electrons. The quantitative estimate of drug-likeness (QED) is 0.497. The molecule has 0 aromatic carbocycles. The summed E-state index contributed by atoms with van der Waals surface area (Å²) in [6.45, 7) is 8.51. The highest BCUT2D eigenvalue weighted by Gasteiger charge is 2.09. The number of rotatable bonds is 0. The van der Waals surface area contributed by atoms with Gasteiger partial charge in [0.1, 0.15) is 0 Å². The van der Waals surface area contributed by atoms with E-state index in [1.54, 1.807) is 11.1 Å². The standard InChI is InChI=1S/C9H14.C3H8/c1-3-8-6-5-7-9(8)4-2;1-3-2/h3-4H,5-7H2,1-2H3;3H2,1-2H3/b8-3-,9-4-;. The first-order valence-electron chi connectivity index (χ1n) is 5.10. The molecule has 0 unspecified atom stereocenters. The van der Waals surface area contributed by atoms with Gasteiger partial charge in [-0.3, -0.25) is 0 Å². The molecule has 1 fully saturated rings. The summed E-state index contributed by atoms with van der Waals surface area (Å²) < 4.78 is 0. The lowest BCUT2D eigenvalue weighted by Gasteiger charge is -1.94. The molecule has 0 radical (unpaired) electrons. The highest BCUT2D eigenvalue weighted by atomic mass is 14.1. The Hall–Kier alpha value is -0.520. The van der Waals surface area contributed by atoms with E-state index in [9.17, 15) is 0 Å². The maximum Gasteiger partial charge on any atom is -0.0276 e. The van der Waals surface area contributed by atoms with Crippen LogP contribution >= 0.6 is 0 Å². The molecule has 1 aliphatic rings. The molecular formula is C12H22. The van der Waals surface area contributed by atoms with Crippen LogP contribution in [-0.4, -0.2) is 0 Å². The molecule has 0 heteroatoms. The SMILES string of the molecule is C/C=C1/CCC/C1=C/C.CCC. The largest absolute Gasteiger partial charge is 0.0842 e. The zero-order valence-corrected chi connectivity index (χ0v) is 8.98. The summed E-state index contributed by atoms with van der Waals surface area (Å²) in [5.74, 6) is 0. The molecule has 0 nitrogen and oxygen atoms in total. The van der Waals surface area contributed by atoms with Gasteiger partial charge in [0.25, 0.3) is 0 Å². The van der Waals surface area contributed by atoms with Crippen molar-refractivity contribution in [1.82, 2.24) is 0 Å². The first kappa shape index (κ1) is 11.5. The molecule has 0 saturated heterocycles. The first-order chi connectivity index (χ1) is 5.79. The van der Waals surface area contributed by atoms with Crippen LogP contribution in [-0.2, 0) is 0 Å². The minimum atomic E-state index is 1.25. The van der Waals surface area contributed by atoms with Gasteiger partial charge in [-0.1, -0.05) is 32.4 Å². The van der Waals surface area contributed by atoms with Gasteiger partial charge in [0, 0.05) is 0 Å². The van der Waals surface area contributed by atoms with E-state index in [4.69, 9.17) is 0 Å². The molecule has 1 rings (SSSR count). The van der Waals surface area contributed by atoms with E-state index in [0.29, 0.717) is 0 Å². The fraction of sp³-hybridized carbons (Fsp3) is 0.667. The summed E-state index contributed by atoms with van der Waals surface area (Å²) in [6.07, 6.45) is 9.69. The van der Waals surface area contributed by atoms with Gasteiger partial charge < -0.3 is 0 Å². The van der Waals surface area contributed by atoms with Crippen LogP contribution in [0.4, 0.5) is 0 Å². The fourth-order valence-electron chi connectivity index (χ4n) is 1.45. The second-order valence-electron chi connectivity index (χ2n) is 3.19. The Labute approximate surface area is 77.4 Å². The lowest BCUT2D eigenvalue weighted by atomic mass is 10.1. The number of hydrogen-bond acceptors (Lipinski definition) is 0. The van der Waals surface area contributed by atoms with E-state index in [1.807, 2.05) is 0 Å². The highest BCUT2D eigenvalue weighted by molar-refractivity contribution is 5.33. The van der Waals surface area contributed by atoms with Crippen molar-refractivity contribution < 1.29 is 0 Å². The van der Waals surface area contributed by atoms with E-state index in [0.717, 1.165) is 0 Å². The van der Waals surface area contributed by atoms with Crippen LogP contribution in [0.1, 0.15) is 53.4 Å². The van der Waals surface area contributed by atoms with Crippen molar-refractivity contribution in [1.29, 1.82) is 0 Å².